The molecule has 4 heteroatoms. The summed E-state index contributed by atoms with van der Waals surface area (Å²) in [6.07, 6.45) is 1.37. The van der Waals surface area contributed by atoms with Crippen LogP contribution < -0.4 is 5.73 Å². The zero-order chi connectivity index (χ0) is 11.6. The fourth-order valence-corrected chi connectivity index (χ4v) is 1.69. The van der Waals surface area contributed by atoms with E-state index in [1.165, 1.54) is 0 Å². The molecule has 1 aromatic rings. The van der Waals surface area contributed by atoms with Crippen LogP contribution in [-0.2, 0) is 12.8 Å². The molecule has 0 aromatic carbocycles. The predicted molar refractivity (Wildman–Crippen MR) is 59.1 cm³/mol. The summed E-state index contributed by atoms with van der Waals surface area (Å²) in [5.41, 5.74) is 8.46. The van der Waals surface area contributed by atoms with Crippen LogP contribution in [0.2, 0.25) is 0 Å². The first-order valence-corrected chi connectivity index (χ1v) is 5.03. The molecule has 0 atom stereocenters. The zero-order valence-corrected chi connectivity index (χ0v) is 9.29. The number of aryl methyl sites for hydroxylation is 2. The molecule has 4 nitrogen and oxygen atoms in total. The lowest BCUT2D eigenvalue weighted by atomic mass is 10.0. The van der Waals surface area contributed by atoms with Crippen LogP contribution in [0.3, 0.4) is 0 Å². The minimum atomic E-state index is -0.975. The van der Waals surface area contributed by atoms with Gasteiger partial charge in [0, 0.05) is 5.69 Å². The van der Waals surface area contributed by atoms with E-state index in [1.54, 1.807) is 6.92 Å². The van der Waals surface area contributed by atoms with Crippen molar-refractivity contribution in [3.8, 4) is 0 Å². The fraction of sp³-hybridized carbons (Fsp3) is 0.455. The van der Waals surface area contributed by atoms with Gasteiger partial charge in [0.1, 0.15) is 0 Å². The minimum absolute atomic E-state index is 0.207. The number of hydrogen-bond acceptors (Lipinski definition) is 3. The number of aromatic carboxylic acids is 1. The average molecular weight is 208 g/mol. The zero-order valence-electron chi connectivity index (χ0n) is 9.29. The van der Waals surface area contributed by atoms with Gasteiger partial charge in [-0.15, -0.1) is 0 Å². The third-order valence-corrected chi connectivity index (χ3v) is 2.54. The van der Waals surface area contributed by atoms with E-state index in [2.05, 4.69) is 4.98 Å². The van der Waals surface area contributed by atoms with E-state index in [0.29, 0.717) is 23.4 Å². The molecular weight excluding hydrogens is 192 g/mol. The highest BCUT2D eigenvalue weighted by molar-refractivity contribution is 5.96. The van der Waals surface area contributed by atoms with Crippen LogP contribution in [0.4, 0.5) is 5.69 Å². The number of anilines is 1. The molecule has 82 valence electrons. The van der Waals surface area contributed by atoms with Gasteiger partial charge in [0.25, 0.3) is 0 Å². The van der Waals surface area contributed by atoms with Gasteiger partial charge in [0.2, 0.25) is 0 Å². The van der Waals surface area contributed by atoms with Crippen LogP contribution in [0.15, 0.2) is 0 Å². The summed E-state index contributed by atoms with van der Waals surface area (Å²) in [6.45, 7) is 5.63. The summed E-state index contributed by atoms with van der Waals surface area (Å²) in [5.74, 6) is -0.975. The molecule has 0 aliphatic heterocycles. The number of carboxylic acids is 1. The van der Waals surface area contributed by atoms with Crippen molar-refractivity contribution in [2.24, 2.45) is 0 Å². The SMILES string of the molecule is CCc1nc(CC)c(N)c(C(=O)O)c1C. The van der Waals surface area contributed by atoms with E-state index in [4.69, 9.17) is 10.8 Å². The maximum atomic E-state index is 11.1. The number of carbonyl (C=O) groups is 1. The topological polar surface area (TPSA) is 76.2 Å². The molecule has 1 heterocycles. The summed E-state index contributed by atoms with van der Waals surface area (Å²) in [5, 5.41) is 9.08. The molecule has 0 fully saturated rings. The Balaban J connectivity index is 3.53. The Hall–Kier alpha value is -1.58. The molecule has 0 amide bonds. The standard InChI is InChI=1S/C11H16N2O2/c1-4-7-6(3)9(11(14)15)10(12)8(5-2)13-7/h4-5,12H2,1-3H3,(H,14,15). The van der Waals surface area contributed by atoms with Crippen LogP contribution >= 0.6 is 0 Å². The highest BCUT2D eigenvalue weighted by Crippen LogP contribution is 2.23. The number of nitrogens with zero attached hydrogens (tertiary/aromatic N) is 1. The third-order valence-electron chi connectivity index (χ3n) is 2.54. The number of hydrogen-bond donors (Lipinski definition) is 2. The molecule has 0 aliphatic carbocycles. The molecule has 1 rings (SSSR count). The van der Waals surface area contributed by atoms with Crippen LogP contribution in [0, 0.1) is 6.92 Å². The van der Waals surface area contributed by atoms with Crippen molar-refractivity contribution < 1.29 is 9.90 Å². The quantitative estimate of drug-likeness (QED) is 0.794. The average Bonchev–Trinajstić information content (AvgIpc) is 2.18. The summed E-state index contributed by atoms with van der Waals surface area (Å²) in [7, 11) is 0. The Labute approximate surface area is 89.1 Å². The maximum absolute atomic E-state index is 11.1. The fourth-order valence-electron chi connectivity index (χ4n) is 1.69. The highest BCUT2D eigenvalue weighted by Gasteiger charge is 2.18. The first-order valence-electron chi connectivity index (χ1n) is 5.03. The first kappa shape index (κ1) is 11.5. The van der Waals surface area contributed by atoms with Crippen molar-refractivity contribution in [3.63, 3.8) is 0 Å². The summed E-state index contributed by atoms with van der Waals surface area (Å²) < 4.78 is 0. The second kappa shape index (κ2) is 4.29. The molecule has 0 saturated heterocycles. The van der Waals surface area contributed by atoms with Crippen molar-refractivity contribution in [2.75, 3.05) is 5.73 Å². The lowest BCUT2D eigenvalue weighted by Gasteiger charge is -2.12. The molecule has 0 saturated carbocycles. The molecule has 15 heavy (non-hydrogen) atoms. The third kappa shape index (κ3) is 1.93. The Bertz CT molecular complexity index is 372. The lowest BCUT2D eigenvalue weighted by Crippen LogP contribution is -2.12. The Morgan fingerprint density at radius 2 is 1.87 bits per heavy atom. The van der Waals surface area contributed by atoms with E-state index in [1.807, 2.05) is 13.8 Å². The highest BCUT2D eigenvalue weighted by atomic mass is 16.4. The molecule has 0 aliphatic rings. The van der Waals surface area contributed by atoms with Gasteiger partial charge in [-0.05, 0) is 25.3 Å². The first-order chi connectivity index (χ1) is 7.02. The molecule has 0 bridgehead atoms. The number of nitrogens with two attached hydrogens (primary N) is 1. The van der Waals surface area contributed by atoms with Gasteiger partial charge in [0.05, 0.1) is 16.9 Å². The largest absolute Gasteiger partial charge is 0.478 e. The van der Waals surface area contributed by atoms with E-state index in [9.17, 15) is 4.79 Å². The van der Waals surface area contributed by atoms with Gasteiger partial charge in [0.15, 0.2) is 0 Å². The van der Waals surface area contributed by atoms with Crippen LogP contribution in [0.25, 0.3) is 0 Å². The number of pyridine rings is 1. The Morgan fingerprint density at radius 1 is 1.33 bits per heavy atom. The van der Waals surface area contributed by atoms with E-state index in [0.717, 1.165) is 12.1 Å². The predicted octanol–water partition coefficient (Wildman–Crippen LogP) is 1.80. The summed E-state index contributed by atoms with van der Waals surface area (Å²) in [4.78, 5) is 15.4. The van der Waals surface area contributed by atoms with Crippen molar-refractivity contribution >= 4 is 11.7 Å². The van der Waals surface area contributed by atoms with Gasteiger partial charge in [-0.2, -0.15) is 0 Å². The Morgan fingerprint density at radius 3 is 2.27 bits per heavy atom. The monoisotopic (exact) mass is 208 g/mol. The van der Waals surface area contributed by atoms with E-state index >= 15 is 0 Å². The lowest BCUT2D eigenvalue weighted by molar-refractivity contribution is 0.0697. The maximum Gasteiger partial charge on any atom is 0.338 e. The molecule has 0 spiro atoms. The van der Waals surface area contributed by atoms with Gasteiger partial charge in [-0.3, -0.25) is 4.98 Å². The van der Waals surface area contributed by atoms with Gasteiger partial charge in [-0.25, -0.2) is 4.79 Å². The molecule has 0 radical (unpaired) electrons. The number of aromatic nitrogens is 1. The molecular formula is C11H16N2O2. The summed E-state index contributed by atoms with van der Waals surface area (Å²) in [6, 6.07) is 0. The van der Waals surface area contributed by atoms with Crippen molar-refractivity contribution in [1.29, 1.82) is 0 Å². The number of carboxylic acid groups (broad SMARTS) is 1. The summed E-state index contributed by atoms with van der Waals surface area (Å²) >= 11 is 0. The molecule has 1 aromatic heterocycles. The Kier molecular flexibility index (Phi) is 3.29. The van der Waals surface area contributed by atoms with Gasteiger partial charge < -0.3 is 10.8 Å². The molecule has 3 N–H and O–H groups in total. The van der Waals surface area contributed by atoms with Crippen LogP contribution in [-0.4, -0.2) is 16.1 Å². The van der Waals surface area contributed by atoms with E-state index < -0.39 is 5.97 Å². The number of rotatable bonds is 3. The normalized spacial score (nSPS) is 10.3. The van der Waals surface area contributed by atoms with Crippen LogP contribution in [0.5, 0.6) is 0 Å². The smallest absolute Gasteiger partial charge is 0.338 e. The minimum Gasteiger partial charge on any atom is -0.478 e. The molecule has 0 unspecified atom stereocenters. The second-order valence-electron chi connectivity index (χ2n) is 3.43. The van der Waals surface area contributed by atoms with Gasteiger partial charge in [-0.1, -0.05) is 13.8 Å². The van der Waals surface area contributed by atoms with Crippen molar-refractivity contribution in [2.45, 2.75) is 33.6 Å². The van der Waals surface area contributed by atoms with Gasteiger partial charge >= 0.3 is 5.97 Å². The van der Waals surface area contributed by atoms with Crippen molar-refractivity contribution in [1.82, 2.24) is 4.98 Å². The van der Waals surface area contributed by atoms with Crippen LogP contribution in [0.1, 0.15) is 41.2 Å². The van der Waals surface area contributed by atoms with Crippen molar-refractivity contribution in [3.05, 3.63) is 22.5 Å². The van der Waals surface area contributed by atoms with E-state index in [-0.39, 0.29) is 5.56 Å². The number of nitrogen functional groups attached to an aromatic ring is 1. The second-order valence-corrected chi connectivity index (χ2v) is 3.43.